The maximum atomic E-state index is 5.12. The second kappa shape index (κ2) is 11.7. The third-order valence-electron chi connectivity index (χ3n) is 10.4. The molecule has 0 amide bonds. The molecule has 238 valence electrons. The Balaban J connectivity index is 1.09. The van der Waals surface area contributed by atoms with Gasteiger partial charge in [-0.15, -0.1) is 0 Å². The lowest BCUT2D eigenvalue weighted by Crippen LogP contribution is -2.29. The van der Waals surface area contributed by atoms with Gasteiger partial charge in [-0.3, -0.25) is 15.0 Å². The van der Waals surface area contributed by atoms with Crippen LogP contribution in [0.15, 0.2) is 183 Å². The van der Waals surface area contributed by atoms with Gasteiger partial charge in [0.1, 0.15) is 0 Å². The first-order valence-corrected chi connectivity index (χ1v) is 17.2. The van der Waals surface area contributed by atoms with Crippen molar-refractivity contribution in [3.63, 3.8) is 0 Å². The molecular weight excluding hydrogens is 621 g/mol. The van der Waals surface area contributed by atoms with E-state index in [9.17, 15) is 0 Å². The summed E-state index contributed by atoms with van der Waals surface area (Å²) in [5.74, 6) is 0. The summed E-state index contributed by atoms with van der Waals surface area (Å²) < 4.78 is 0. The second-order valence-corrected chi connectivity index (χ2v) is 13.1. The van der Waals surface area contributed by atoms with Gasteiger partial charge in [0.2, 0.25) is 0 Å². The van der Waals surface area contributed by atoms with Gasteiger partial charge in [0, 0.05) is 47.3 Å². The van der Waals surface area contributed by atoms with Crippen LogP contribution in [-0.2, 0) is 5.41 Å². The summed E-state index contributed by atoms with van der Waals surface area (Å²) in [7, 11) is 0. The number of rotatable bonds is 5. The van der Waals surface area contributed by atoms with Crippen molar-refractivity contribution >= 4 is 21.8 Å². The lowest BCUT2D eigenvalue weighted by molar-refractivity contribution is 0.757. The third kappa shape index (κ3) is 4.61. The lowest BCUT2D eigenvalue weighted by atomic mass is 9.68. The van der Waals surface area contributed by atoms with Crippen LogP contribution >= 0.6 is 0 Å². The molecule has 1 aliphatic rings. The fourth-order valence-electron chi connectivity index (χ4n) is 8.04. The monoisotopic (exact) mass is 650 g/mol. The van der Waals surface area contributed by atoms with Crippen LogP contribution in [0.5, 0.6) is 0 Å². The van der Waals surface area contributed by atoms with E-state index in [-0.39, 0.29) is 0 Å². The van der Waals surface area contributed by atoms with Crippen LogP contribution in [0.4, 0.5) is 0 Å². The first-order valence-electron chi connectivity index (χ1n) is 17.2. The molecule has 0 radical (unpaired) electrons. The highest BCUT2D eigenvalue weighted by molar-refractivity contribution is 6.03. The molecular formula is C47H30N4. The topological polar surface area (TPSA) is 51.6 Å². The zero-order valence-electron chi connectivity index (χ0n) is 27.6. The van der Waals surface area contributed by atoms with Gasteiger partial charge in [0.15, 0.2) is 0 Å². The predicted octanol–water partition coefficient (Wildman–Crippen LogP) is 10.9. The molecule has 4 nitrogen and oxygen atoms in total. The summed E-state index contributed by atoms with van der Waals surface area (Å²) in [5.41, 5.74) is 15.1. The number of benzene rings is 5. The van der Waals surface area contributed by atoms with Gasteiger partial charge in [-0.1, -0.05) is 109 Å². The van der Waals surface area contributed by atoms with Gasteiger partial charge in [-0.05, 0) is 98.1 Å². The van der Waals surface area contributed by atoms with Gasteiger partial charge in [0.05, 0.1) is 22.1 Å². The van der Waals surface area contributed by atoms with Crippen molar-refractivity contribution in [1.82, 2.24) is 19.9 Å². The van der Waals surface area contributed by atoms with Crippen LogP contribution < -0.4 is 0 Å². The van der Waals surface area contributed by atoms with Crippen LogP contribution in [0.2, 0.25) is 0 Å². The van der Waals surface area contributed by atoms with E-state index in [0.29, 0.717) is 0 Å². The van der Waals surface area contributed by atoms with E-state index in [1.165, 1.54) is 22.3 Å². The van der Waals surface area contributed by atoms with E-state index < -0.39 is 5.41 Å². The molecule has 4 heteroatoms. The molecule has 0 spiro atoms. The molecule has 0 bridgehead atoms. The highest BCUT2D eigenvalue weighted by Gasteiger charge is 2.46. The van der Waals surface area contributed by atoms with Gasteiger partial charge in [-0.2, -0.15) is 0 Å². The Bertz CT molecular complexity index is 2720. The van der Waals surface area contributed by atoms with Gasteiger partial charge in [0.25, 0.3) is 0 Å². The summed E-state index contributed by atoms with van der Waals surface area (Å²) in [6.07, 6.45) is 9.52. The molecule has 0 aliphatic heterocycles. The van der Waals surface area contributed by atoms with Crippen LogP contribution in [0, 0.1) is 0 Å². The van der Waals surface area contributed by atoms with Gasteiger partial charge in [-0.25, -0.2) is 4.98 Å². The Morgan fingerprint density at radius 1 is 0.392 bits per heavy atom. The predicted molar refractivity (Wildman–Crippen MR) is 206 cm³/mol. The summed E-state index contributed by atoms with van der Waals surface area (Å²) in [6.45, 7) is 0. The quantitative estimate of drug-likeness (QED) is 0.174. The molecule has 0 atom stereocenters. The molecule has 0 saturated carbocycles. The second-order valence-electron chi connectivity index (χ2n) is 13.1. The summed E-state index contributed by atoms with van der Waals surface area (Å²) in [4.78, 5) is 19.0. The average molecular weight is 651 g/mol. The largest absolute Gasteiger partial charge is 0.264 e. The molecule has 51 heavy (non-hydrogen) atoms. The van der Waals surface area contributed by atoms with Crippen molar-refractivity contribution < 1.29 is 0 Å². The maximum Gasteiger partial charge on any atom is 0.0972 e. The molecule has 10 rings (SSSR count). The van der Waals surface area contributed by atoms with Crippen LogP contribution in [0.3, 0.4) is 0 Å². The summed E-state index contributed by atoms with van der Waals surface area (Å²) in [5, 5.41) is 2.18. The first-order chi connectivity index (χ1) is 25.3. The molecule has 0 saturated heterocycles. The molecule has 9 aromatic rings. The Labute approximate surface area is 295 Å². The van der Waals surface area contributed by atoms with Crippen molar-refractivity contribution in [3.8, 4) is 44.6 Å². The maximum absolute atomic E-state index is 5.12. The van der Waals surface area contributed by atoms with E-state index in [1.807, 2.05) is 49.2 Å². The SMILES string of the molecule is c1cc(-c2cccc(-c3ccc4ccc5cccnc5c4n3)c2)cc(-c2ccc3c(c2)C(c2cccnc2)(c2cccnc2)c2ccccc2-3)c1. The van der Waals surface area contributed by atoms with E-state index in [4.69, 9.17) is 4.98 Å². The van der Waals surface area contributed by atoms with Crippen LogP contribution in [0.25, 0.3) is 66.4 Å². The van der Waals surface area contributed by atoms with E-state index >= 15 is 0 Å². The molecule has 4 aromatic heterocycles. The Hall–Kier alpha value is -6.78. The Morgan fingerprint density at radius 3 is 1.73 bits per heavy atom. The Kier molecular flexibility index (Phi) is 6.68. The normalized spacial score (nSPS) is 12.9. The van der Waals surface area contributed by atoms with Crippen molar-refractivity contribution in [2.45, 2.75) is 5.41 Å². The highest BCUT2D eigenvalue weighted by atomic mass is 14.8. The van der Waals surface area contributed by atoms with Crippen molar-refractivity contribution in [2.24, 2.45) is 0 Å². The molecule has 0 N–H and O–H groups in total. The third-order valence-corrected chi connectivity index (χ3v) is 10.4. The standard InChI is InChI=1S/C47H30N4/c1-2-16-42-40(15-1)41-21-19-36(28-43(41)47(42,38-13-6-23-48-29-38)39-14-7-24-49-30-39)34-9-3-8-33(26-34)35-10-4-11-37(27-35)44-22-20-32-18-17-31-12-5-25-50-45(31)46(32)51-44/h1-30H. The van der Waals surface area contributed by atoms with Crippen molar-refractivity contribution in [2.75, 3.05) is 0 Å². The van der Waals surface area contributed by atoms with E-state index in [0.717, 1.165) is 66.4 Å². The minimum atomic E-state index is -0.551. The zero-order valence-corrected chi connectivity index (χ0v) is 27.6. The number of pyridine rings is 4. The zero-order chi connectivity index (χ0) is 33.8. The fourth-order valence-corrected chi connectivity index (χ4v) is 8.04. The molecule has 0 unspecified atom stereocenters. The number of fused-ring (bicyclic) bond motifs is 6. The fraction of sp³-hybridized carbons (Fsp3) is 0.0213. The van der Waals surface area contributed by atoms with E-state index in [1.54, 1.807) is 0 Å². The van der Waals surface area contributed by atoms with Gasteiger partial charge < -0.3 is 0 Å². The number of nitrogens with zero attached hydrogens (tertiary/aromatic N) is 4. The molecule has 0 fully saturated rings. The minimum Gasteiger partial charge on any atom is -0.264 e. The van der Waals surface area contributed by atoms with Crippen LogP contribution in [-0.4, -0.2) is 19.9 Å². The highest BCUT2D eigenvalue weighted by Crippen LogP contribution is 2.56. The molecule has 1 aliphatic carbocycles. The summed E-state index contributed by atoms with van der Waals surface area (Å²) >= 11 is 0. The Morgan fingerprint density at radius 2 is 1.00 bits per heavy atom. The van der Waals surface area contributed by atoms with Crippen LogP contribution in [0.1, 0.15) is 22.3 Å². The molecule has 5 aromatic carbocycles. The number of hydrogen-bond donors (Lipinski definition) is 0. The number of hydrogen-bond acceptors (Lipinski definition) is 4. The van der Waals surface area contributed by atoms with Gasteiger partial charge >= 0.3 is 0 Å². The number of aromatic nitrogens is 4. The lowest BCUT2D eigenvalue weighted by Gasteiger charge is -2.33. The van der Waals surface area contributed by atoms with E-state index in [2.05, 4.69) is 148 Å². The first kappa shape index (κ1) is 29.2. The molecule has 4 heterocycles. The summed E-state index contributed by atoms with van der Waals surface area (Å²) in [6, 6.07) is 54.1. The average Bonchev–Trinajstić information content (AvgIpc) is 3.52. The minimum absolute atomic E-state index is 0.551. The van der Waals surface area contributed by atoms with Crippen molar-refractivity contribution in [3.05, 3.63) is 205 Å². The smallest absolute Gasteiger partial charge is 0.0972 e. The van der Waals surface area contributed by atoms with Crippen molar-refractivity contribution in [1.29, 1.82) is 0 Å².